The van der Waals surface area contributed by atoms with Gasteiger partial charge in [-0.1, -0.05) is 34.6 Å². The molecule has 0 aromatic carbocycles. The van der Waals surface area contributed by atoms with Gasteiger partial charge in [-0.15, -0.1) is 0 Å². The van der Waals surface area contributed by atoms with Crippen molar-refractivity contribution in [1.82, 2.24) is 0 Å². The Morgan fingerprint density at radius 3 is 1.65 bits per heavy atom. The van der Waals surface area contributed by atoms with Gasteiger partial charge in [-0.2, -0.15) is 0 Å². The van der Waals surface area contributed by atoms with Crippen LogP contribution >= 0.6 is 0 Å². The van der Waals surface area contributed by atoms with E-state index < -0.39 is 16.2 Å². The normalized spacial score (nSPS) is 48.9. The first-order valence-corrected chi connectivity index (χ1v) is 7.60. The molecule has 0 aromatic heterocycles. The van der Waals surface area contributed by atoms with Gasteiger partial charge in [0.2, 0.25) is 0 Å². The predicted molar refractivity (Wildman–Crippen MR) is 76.0 cm³/mol. The highest BCUT2D eigenvalue weighted by atomic mass is 16.5. The summed E-state index contributed by atoms with van der Waals surface area (Å²) in [6.45, 7) is 10.5. The number of rotatable bonds is 2. The molecule has 0 spiro atoms. The number of ether oxygens (including phenoxy) is 1. The Hall–Kier alpha value is -0.860. The highest BCUT2D eigenvalue weighted by molar-refractivity contribution is 5.98. The van der Waals surface area contributed by atoms with Gasteiger partial charge in [0.05, 0.1) is 12.5 Å². The molecule has 20 heavy (non-hydrogen) atoms. The molecule has 4 aliphatic rings. The van der Waals surface area contributed by atoms with Crippen LogP contribution in [0.25, 0.3) is 0 Å². The van der Waals surface area contributed by atoms with Crippen LogP contribution in [0.5, 0.6) is 0 Å². The molecule has 4 fully saturated rings. The van der Waals surface area contributed by atoms with Crippen LogP contribution < -0.4 is 0 Å². The summed E-state index contributed by atoms with van der Waals surface area (Å²) in [5.41, 5.74) is -1.22. The molecular formula is C17H26O3. The fourth-order valence-corrected chi connectivity index (χ4v) is 6.08. The molecular weight excluding hydrogens is 252 g/mol. The van der Waals surface area contributed by atoms with Crippen LogP contribution in [-0.4, -0.2) is 18.9 Å². The van der Waals surface area contributed by atoms with Crippen LogP contribution in [0.2, 0.25) is 0 Å². The van der Waals surface area contributed by atoms with Crippen molar-refractivity contribution in [3.8, 4) is 0 Å². The number of carbonyl (C=O) groups excluding carboxylic acids is 2. The second kappa shape index (κ2) is 3.31. The second-order valence-corrected chi connectivity index (χ2v) is 9.06. The third-order valence-electron chi connectivity index (χ3n) is 6.83. The third kappa shape index (κ3) is 1.19. The zero-order valence-corrected chi connectivity index (χ0v) is 13.6. The van der Waals surface area contributed by atoms with E-state index in [0.29, 0.717) is 0 Å². The average Bonchev–Trinajstić information content (AvgIpc) is 2.86. The molecule has 0 N–H and O–H groups in total. The van der Waals surface area contributed by atoms with Gasteiger partial charge in [0, 0.05) is 10.8 Å². The largest absolute Gasteiger partial charge is 0.469 e. The standard InChI is InChI=1S/C17H26O3/c1-13(2,3)11(18)16-7-14(4)9-17(16,12(19)20-6)10-15(14,5)8-16/h7-10H2,1-6H3. The Bertz CT molecular complexity index is 493. The second-order valence-electron chi connectivity index (χ2n) is 9.06. The van der Waals surface area contributed by atoms with Crippen molar-refractivity contribution in [2.45, 2.75) is 60.3 Å². The molecule has 4 bridgehead atoms. The Labute approximate surface area is 121 Å². The van der Waals surface area contributed by atoms with E-state index in [1.807, 2.05) is 20.8 Å². The smallest absolute Gasteiger partial charge is 0.312 e. The number of hydrogen-bond donors (Lipinski definition) is 0. The van der Waals surface area contributed by atoms with Crippen molar-refractivity contribution >= 4 is 11.8 Å². The van der Waals surface area contributed by atoms with Crippen molar-refractivity contribution in [1.29, 1.82) is 0 Å². The quantitative estimate of drug-likeness (QED) is 0.727. The fraction of sp³-hybridized carbons (Fsp3) is 0.882. The highest BCUT2D eigenvalue weighted by Crippen LogP contribution is 2.87. The number of hydrogen-bond acceptors (Lipinski definition) is 3. The zero-order chi connectivity index (χ0) is 15.2. The van der Waals surface area contributed by atoms with E-state index in [-0.39, 0.29) is 22.6 Å². The number of carbonyl (C=O) groups is 2. The first-order valence-electron chi connectivity index (χ1n) is 7.60. The Morgan fingerprint density at radius 2 is 1.30 bits per heavy atom. The fourth-order valence-electron chi connectivity index (χ4n) is 6.08. The van der Waals surface area contributed by atoms with Gasteiger partial charge in [0.25, 0.3) is 0 Å². The molecule has 2 unspecified atom stereocenters. The Morgan fingerprint density at radius 1 is 0.900 bits per heavy atom. The van der Waals surface area contributed by atoms with Crippen LogP contribution in [0.4, 0.5) is 0 Å². The molecule has 112 valence electrons. The molecule has 0 amide bonds. The lowest BCUT2D eigenvalue weighted by atomic mass is 9.60. The lowest BCUT2D eigenvalue weighted by Crippen LogP contribution is -2.49. The van der Waals surface area contributed by atoms with Gasteiger partial charge in [0.1, 0.15) is 5.78 Å². The molecule has 4 aliphatic carbocycles. The third-order valence-corrected chi connectivity index (χ3v) is 6.83. The Kier molecular flexibility index (Phi) is 2.33. The van der Waals surface area contributed by atoms with E-state index >= 15 is 0 Å². The first-order chi connectivity index (χ1) is 8.96. The summed E-state index contributed by atoms with van der Waals surface area (Å²) >= 11 is 0. The monoisotopic (exact) mass is 278 g/mol. The lowest BCUT2D eigenvalue weighted by Gasteiger charge is -2.40. The van der Waals surface area contributed by atoms with Gasteiger partial charge in [-0.25, -0.2) is 0 Å². The minimum Gasteiger partial charge on any atom is -0.469 e. The van der Waals surface area contributed by atoms with E-state index in [1.54, 1.807) is 0 Å². The van der Waals surface area contributed by atoms with E-state index in [0.717, 1.165) is 25.7 Å². The molecule has 4 rings (SSSR count). The Balaban J connectivity index is 2.17. The molecule has 0 aromatic rings. The molecule has 0 radical (unpaired) electrons. The van der Waals surface area contributed by atoms with E-state index in [9.17, 15) is 9.59 Å². The molecule has 3 nitrogen and oxygen atoms in total. The summed E-state index contributed by atoms with van der Waals surface area (Å²) < 4.78 is 5.14. The van der Waals surface area contributed by atoms with E-state index in [1.165, 1.54) is 7.11 Å². The van der Waals surface area contributed by atoms with Gasteiger partial charge in [-0.05, 0) is 36.5 Å². The summed E-state index contributed by atoms with van der Waals surface area (Å²) in [6, 6.07) is 0. The molecule has 0 saturated heterocycles. The van der Waals surface area contributed by atoms with Crippen LogP contribution in [0.3, 0.4) is 0 Å². The highest BCUT2D eigenvalue weighted by Gasteiger charge is 2.85. The maximum atomic E-state index is 13.2. The minimum atomic E-state index is -0.560. The van der Waals surface area contributed by atoms with Crippen LogP contribution in [0.15, 0.2) is 0 Å². The predicted octanol–water partition coefficient (Wildman–Crippen LogP) is 3.36. The van der Waals surface area contributed by atoms with Crippen molar-refractivity contribution in [2.75, 3.05) is 7.11 Å². The van der Waals surface area contributed by atoms with Gasteiger partial charge in [0.15, 0.2) is 0 Å². The molecule has 2 atom stereocenters. The minimum absolute atomic E-state index is 0.113. The van der Waals surface area contributed by atoms with Crippen molar-refractivity contribution in [3.05, 3.63) is 0 Å². The maximum absolute atomic E-state index is 13.2. The van der Waals surface area contributed by atoms with E-state index in [2.05, 4.69) is 13.8 Å². The lowest BCUT2D eigenvalue weighted by molar-refractivity contribution is -0.164. The topological polar surface area (TPSA) is 43.4 Å². The molecule has 3 heteroatoms. The average molecular weight is 278 g/mol. The summed E-state index contributed by atoms with van der Waals surface area (Å²) in [5.74, 6) is 0.111. The summed E-state index contributed by atoms with van der Waals surface area (Å²) in [6.07, 6.45) is 3.37. The van der Waals surface area contributed by atoms with Crippen LogP contribution in [-0.2, 0) is 14.3 Å². The number of methoxy groups -OCH3 is 1. The number of esters is 1. The van der Waals surface area contributed by atoms with Gasteiger partial charge < -0.3 is 4.74 Å². The number of Topliss-reactive ketones (excluding diaryl/α,β-unsaturated/α-hetero) is 1. The van der Waals surface area contributed by atoms with E-state index in [4.69, 9.17) is 4.74 Å². The van der Waals surface area contributed by atoms with Crippen molar-refractivity contribution < 1.29 is 14.3 Å². The molecule has 4 saturated carbocycles. The maximum Gasteiger partial charge on any atom is 0.312 e. The van der Waals surface area contributed by atoms with Crippen LogP contribution in [0.1, 0.15) is 60.3 Å². The first kappa shape index (κ1) is 14.1. The van der Waals surface area contributed by atoms with Gasteiger partial charge >= 0.3 is 5.97 Å². The van der Waals surface area contributed by atoms with Gasteiger partial charge in [-0.3, -0.25) is 9.59 Å². The summed E-state index contributed by atoms with van der Waals surface area (Å²) in [7, 11) is 1.46. The SMILES string of the molecule is COC(=O)C12CC3(C)CC1(C(=O)C(C)(C)C)CC3(C)C2. The summed E-state index contributed by atoms with van der Waals surface area (Å²) in [4.78, 5) is 25.8. The van der Waals surface area contributed by atoms with Crippen molar-refractivity contribution in [2.24, 2.45) is 27.1 Å². The molecule has 0 heterocycles. The number of ketones is 1. The van der Waals surface area contributed by atoms with Crippen LogP contribution in [0, 0.1) is 27.1 Å². The molecule has 0 aliphatic heterocycles. The summed E-state index contributed by atoms with van der Waals surface area (Å²) in [5, 5.41) is 0. The zero-order valence-electron chi connectivity index (χ0n) is 13.6. The van der Waals surface area contributed by atoms with Crippen molar-refractivity contribution in [3.63, 3.8) is 0 Å².